The number of aromatic nitrogens is 3. The summed E-state index contributed by atoms with van der Waals surface area (Å²) in [6.07, 6.45) is 0.863. The van der Waals surface area contributed by atoms with E-state index in [2.05, 4.69) is 30.9 Å². The van der Waals surface area contributed by atoms with Gasteiger partial charge in [0.15, 0.2) is 10.4 Å². The summed E-state index contributed by atoms with van der Waals surface area (Å²) >= 11 is 2.82. The minimum atomic E-state index is -0.954. The normalized spacial score (nSPS) is 11.1. The third kappa shape index (κ3) is 2.23. The van der Waals surface area contributed by atoms with E-state index in [0.29, 0.717) is 0 Å². The highest BCUT2D eigenvalue weighted by molar-refractivity contribution is 9.10. The van der Waals surface area contributed by atoms with Crippen LogP contribution in [0.5, 0.6) is 0 Å². The Morgan fingerprint density at radius 2 is 1.82 bits per heavy atom. The van der Waals surface area contributed by atoms with E-state index in [-0.39, 0.29) is 32.5 Å². The smallest absolute Gasteiger partial charge is 0.256 e. The molecule has 1 aromatic carbocycles. The Morgan fingerprint density at radius 1 is 1.09 bits per heavy atom. The minimum absolute atomic E-state index is 0.109. The molecule has 9 heteroatoms. The molecule has 0 bridgehead atoms. The quantitative estimate of drug-likeness (QED) is 0.689. The van der Waals surface area contributed by atoms with Crippen LogP contribution in [0.25, 0.3) is 22.0 Å². The predicted octanol–water partition coefficient (Wildman–Crippen LogP) is 2.75. The highest BCUT2D eigenvalue weighted by Gasteiger charge is 2.18. The summed E-state index contributed by atoms with van der Waals surface area (Å²) in [6.45, 7) is 0. The average Bonchev–Trinajstić information content (AvgIpc) is 2.47. The van der Waals surface area contributed by atoms with Gasteiger partial charge in [-0.05, 0) is 28.1 Å². The number of anilines is 1. The van der Waals surface area contributed by atoms with Gasteiger partial charge in [0.1, 0.15) is 17.3 Å². The molecule has 2 aromatic heterocycles. The van der Waals surface area contributed by atoms with Crippen molar-refractivity contribution in [2.45, 2.75) is 0 Å². The minimum Gasteiger partial charge on any atom is -0.382 e. The van der Waals surface area contributed by atoms with Gasteiger partial charge < -0.3 is 10.7 Å². The number of aromatic amines is 1. The first-order valence-corrected chi connectivity index (χ1v) is 6.67. The number of nitrogen functional groups attached to an aromatic ring is 1. The molecule has 0 aliphatic rings. The fraction of sp³-hybridized carbons (Fsp3) is 0. The lowest BCUT2D eigenvalue weighted by Crippen LogP contribution is -2.08. The van der Waals surface area contributed by atoms with Gasteiger partial charge in [-0.15, -0.1) is 0 Å². The van der Waals surface area contributed by atoms with Crippen molar-refractivity contribution in [3.8, 4) is 11.3 Å². The molecule has 3 aromatic rings. The number of hydrogen-bond acceptors (Lipinski definition) is 4. The van der Waals surface area contributed by atoms with Gasteiger partial charge >= 0.3 is 0 Å². The Kier molecular flexibility index (Phi) is 3.36. The highest BCUT2D eigenvalue weighted by Crippen LogP contribution is 2.30. The van der Waals surface area contributed by atoms with Crippen LogP contribution in [-0.2, 0) is 0 Å². The molecule has 0 aliphatic heterocycles. The number of rotatable bonds is 1. The monoisotopic (exact) mass is 370 g/mol. The Bertz CT molecular complexity index is 974. The average molecular weight is 371 g/mol. The molecule has 112 valence electrons. The molecule has 0 amide bonds. The van der Waals surface area contributed by atoms with Crippen LogP contribution in [0.2, 0.25) is 0 Å². The second-order valence-corrected chi connectivity index (χ2v) is 5.13. The first kappa shape index (κ1) is 14.5. The van der Waals surface area contributed by atoms with Gasteiger partial charge in [0.25, 0.3) is 5.56 Å². The molecular weight excluding hydrogens is 365 g/mol. The van der Waals surface area contributed by atoms with Crippen molar-refractivity contribution in [1.82, 2.24) is 15.0 Å². The molecule has 0 fully saturated rings. The Morgan fingerprint density at radius 3 is 2.55 bits per heavy atom. The zero-order chi connectivity index (χ0) is 16.0. The van der Waals surface area contributed by atoms with E-state index in [4.69, 9.17) is 5.73 Å². The summed E-state index contributed by atoms with van der Waals surface area (Å²) < 4.78 is 41.0. The van der Waals surface area contributed by atoms with Gasteiger partial charge in [-0.3, -0.25) is 4.79 Å². The fourth-order valence-corrected chi connectivity index (χ4v) is 2.30. The van der Waals surface area contributed by atoms with Gasteiger partial charge in [0.05, 0.1) is 5.39 Å². The van der Waals surface area contributed by atoms with Gasteiger partial charge in [-0.2, -0.15) is 9.37 Å². The van der Waals surface area contributed by atoms with Crippen molar-refractivity contribution in [2.24, 2.45) is 0 Å². The van der Waals surface area contributed by atoms with Crippen molar-refractivity contribution in [3.05, 3.63) is 50.9 Å². The van der Waals surface area contributed by atoms with Gasteiger partial charge in [0.2, 0.25) is 5.95 Å². The molecular formula is C13H6BrF3N4O. The van der Waals surface area contributed by atoms with E-state index in [1.807, 2.05) is 0 Å². The molecule has 5 nitrogen and oxygen atoms in total. The number of nitrogens with one attached hydrogen (secondary N) is 1. The number of H-pyrrole nitrogens is 1. The maximum Gasteiger partial charge on any atom is 0.256 e. The van der Waals surface area contributed by atoms with Crippen molar-refractivity contribution in [1.29, 1.82) is 0 Å². The second-order valence-electron chi connectivity index (χ2n) is 4.38. The third-order valence-corrected chi connectivity index (χ3v) is 3.54. The van der Waals surface area contributed by atoms with Crippen LogP contribution in [0.15, 0.2) is 27.7 Å². The first-order chi connectivity index (χ1) is 10.4. The third-order valence-electron chi connectivity index (χ3n) is 3.04. The zero-order valence-corrected chi connectivity index (χ0v) is 12.2. The standard InChI is InChI=1S/C13H6BrF3N4O/c14-10-11(17)21-12(18)9(20-10)6-1-4-5(2-7(6)15)13(22)19-3-8(4)16/h1-3H,(H2,18,21)(H,19,22). The van der Waals surface area contributed by atoms with E-state index in [1.54, 1.807) is 0 Å². The van der Waals surface area contributed by atoms with Crippen LogP contribution in [0, 0.1) is 17.6 Å². The van der Waals surface area contributed by atoms with Gasteiger partial charge in [-0.25, -0.2) is 13.8 Å². The van der Waals surface area contributed by atoms with Crippen LogP contribution < -0.4 is 11.3 Å². The van der Waals surface area contributed by atoms with E-state index in [1.165, 1.54) is 0 Å². The van der Waals surface area contributed by atoms with Crippen LogP contribution in [0.1, 0.15) is 0 Å². The highest BCUT2D eigenvalue weighted by atomic mass is 79.9. The van der Waals surface area contributed by atoms with Crippen LogP contribution >= 0.6 is 15.9 Å². The molecule has 22 heavy (non-hydrogen) atoms. The summed E-state index contributed by atoms with van der Waals surface area (Å²) in [4.78, 5) is 20.9. The van der Waals surface area contributed by atoms with Crippen molar-refractivity contribution in [3.63, 3.8) is 0 Å². The summed E-state index contributed by atoms with van der Waals surface area (Å²) in [7, 11) is 0. The SMILES string of the molecule is Nc1nc(F)c(Br)nc1-c1cc2c(F)c[nH]c(=O)c2cc1F. The Labute approximate surface area is 129 Å². The zero-order valence-electron chi connectivity index (χ0n) is 10.6. The first-order valence-electron chi connectivity index (χ1n) is 5.88. The van der Waals surface area contributed by atoms with Crippen LogP contribution in [-0.4, -0.2) is 15.0 Å². The summed E-state index contributed by atoms with van der Waals surface area (Å²) in [5.74, 6) is -2.92. The molecule has 0 saturated carbocycles. The fourth-order valence-electron chi connectivity index (χ4n) is 2.03. The summed E-state index contributed by atoms with van der Waals surface area (Å²) in [5, 5.41) is -0.268. The summed E-state index contributed by atoms with van der Waals surface area (Å²) in [5.41, 5.74) is 4.55. The maximum absolute atomic E-state index is 14.2. The van der Waals surface area contributed by atoms with E-state index >= 15 is 0 Å². The van der Waals surface area contributed by atoms with E-state index in [9.17, 15) is 18.0 Å². The van der Waals surface area contributed by atoms with Crippen molar-refractivity contribution < 1.29 is 13.2 Å². The van der Waals surface area contributed by atoms with Crippen molar-refractivity contribution >= 4 is 32.5 Å². The summed E-state index contributed by atoms with van der Waals surface area (Å²) in [6, 6.07) is 1.95. The molecule has 0 aliphatic carbocycles. The maximum atomic E-state index is 14.2. The lowest BCUT2D eigenvalue weighted by atomic mass is 10.0. The van der Waals surface area contributed by atoms with Crippen LogP contribution in [0.3, 0.4) is 0 Å². The van der Waals surface area contributed by atoms with Crippen molar-refractivity contribution in [2.75, 3.05) is 5.73 Å². The lowest BCUT2D eigenvalue weighted by Gasteiger charge is -2.08. The van der Waals surface area contributed by atoms with Gasteiger partial charge in [0, 0.05) is 17.1 Å². The molecule has 0 atom stereocenters. The number of nitrogens with zero attached hydrogens (tertiary/aromatic N) is 2. The number of benzene rings is 1. The number of nitrogens with two attached hydrogens (primary N) is 1. The molecule has 0 unspecified atom stereocenters. The topological polar surface area (TPSA) is 84.7 Å². The molecule has 3 N–H and O–H groups in total. The predicted molar refractivity (Wildman–Crippen MR) is 77.6 cm³/mol. The molecule has 0 spiro atoms. The largest absolute Gasteiger partial charge is 0.382 e. The van der Waals surface area contributed by atoms with E-state index in [0.717, 1.165) is 18.3 Å². The lowest BCUT2D eigenvalue weighted by molar-refractivity contribution is 0.570. The van der Waals surface area contributed by atoms with Crippen LogP contribution in [0.4, 0.5) is 19.0 Å². The second kappa shape index (κ2) is 5.09. The molecule has 3 rings (SSSR count). The van der Waals surface area contributed by atoms with E-state index < -0.39 is 23.1 Å². The Hall–Kier alpha value is -2.42. The van der Waals surface area contributed by atoms with Gasteiger partial charge in [-0.1, -0.05) is 0 Å². The number of halogens is 4. The number of pyridine rings is 1. The number of hydrogen-bond donors (Lipinski definition) is 2. The molecule has 0 radical (unpaired) electrons. The Balaban J connectivity index is 2.37. The molecule has 2 heterocycles. The number of fused-ring (bicyclic) bond motifs is 1. The molecule has 0 saturated heterocycles.